The van der Waals surface area contributed by atoms with E-state index in [9.17, 15) is 13.2 Å². The van der Waals surface area contributed by atoms with Gasteiger partial charge in [0.15, 0.2) is 0 Å². The molecule has 0 saturated carbocycles. The second-order valence-corrected chi connectivity index (χ2v) is 6.26. The van der Waals surface area contributed by atoms with E-state index in [0.29, 0.717) is 10.8 Å². The Bertz CT molecular complexity index is 406. The molecule has 5 heteroatoms. The van der Waals surface area contributed by atoms with Crippen LogP contribution in [0.5, 0.6) is 0 Å². The first-order chi connectivity index (χ1) is 9.38. The van der Waals surface area contributed by atoms with E-state index in [2.05, 4.69) is 19.2 Å². The Balaban J connectivity index is 2.85. The van der Waals surface area contributed by atoms with Gasteiger partial charge in [-0.05, 0) is 30.7 Å². The average molecular weight is 305 g/mol. The van der Waals surface area contributed by atoms with Crippen LogP contribution < -0.4 is 5.32 Å². The standard InChI is InChI=1S/C15H22F3NS/c1-4-11(3)20-10-14(19-5-2)12-7-6-8-13(9-12)15(16,17)18/h6-9,11,14,19H,4-5,10H2,1-3H3. The Labute approximate surface area is 123 Å². The minimum Gasteiger partial charge on any atom is -0.310 e. The molecule has 0 spiro atoms. The second kappa shape index (κ2) is 7.93. The Morgan fingerprint density at radius 2 is 1.95 bits per heavy atom. The fourth-order valence-electron chi connectivity index (χ4n) is 1.83. The molecule has 0 aromatic heterocycles. The minimum absolute atomic E-state index is 0.0405. The van der Waals surface area contributed by atoms with Gasteiger partial charge < -0.3 is 5.32 Å². The largest absolute Gasteiger partial charge is 0.416 e. The Hall–Kier alpha value is -0.680. The molecular formula is C15H22F3NS. The highest BCUT2D eigenvalue weighted by molar-refractivity contribution is 7.99. The molecule has 0 aliphatic carbocycles. The molecule has 0 fully saturated rings. The second-order valence-electron chi connectivity index (χ2n) is 4.79. The van der Waals surface area contributed by atoms with Crippen LogP contribution >= 0.6 is 11.8 Å². The Kier molecular flexibility index (Phi) is 6.89. The third-order valence-corrected chi connectivity index (χ3v) is 4.62. The fraction of sp³-hybridized carbons (Fsp3) is 0.600. The third kappa shape index (κ3) is 5.37. The van der Waals surface area contributed by atoms with Crippen molar-refractivity contribution in [3.8, 4) is 0 Å². The van der Waals surface area contributed by atoms with Crippen LogP contribution in [0, 0.1) is 0 Å². The van der Waals surface area contributed by atoms with Crippen LogP contribution in [0.2, 0.25) is 0 Å². The smallest absolute Gasteiger partial charge is 0.310 e. The first-order valence-electron chi connectivity index (χ1n) is 6.90. The summed E-state index contributed by atoms with van der Waals surface area (Å²) in [6.45, 7) is 6.96. The van der Waals surface area contributed by atoms with Gasteiger partial charge in [-0.3, -0.25) is 0 Å². The number of hydrogen-bond donors (Lipinski definition) is 1. The van der Waals surface area contributed by atoms with Crippen LogP contribution in [0.3, 0.4) is 0 Å². The molecule has 0 heterocycles. The highest BCUT2D eigenvalue weighted by Crippen LogP contribution is 2.31. The van der Waals surface area contributed by atoms with E-state index in [1.807, 2.05) is 6.92 Å². The van der Waals surface area contributed by atoms with Crippen LogP contribution in [0.25, 0.3) is 0 Å². The summed E-state index contributed by atoms with van der Waals surface area (Å²) < 4.78 is 38.3. The molecule has 114 valence electrons. The van der Waals surface area contributed by atoms with Crippen molar-refractivity contribution in [1.82, 2.24) is 5.32 Å². The van der Waals surface area contributed by atoms with E-state index >= 15 is 0 Å². The summed E-state index contributed by atoms with van der Waals surface area (Å²) in [5.41, 5.74) is 0.129. The van der Waals surface area contributed by atoms with Gasteiger partial charge in [0, 0.05) is 17.0 Å². The molecule has 2 atom stereocenters. The van der Waals surface area contributed by atoms with Crippen molar-refractivity contribution in [1.29, 1.82) is 0 Å². The SMILES string of the molecule is CCNC(CSC(C)CC)c1cccc(C(F)(F)F)c1. The summed E-state index contributed by atoms with van der Waals surface area (Å²) in [7, 11) is 0. The number of alkyl halides is 3. The highest BCUT2D eigenvalue weighted by Gasteiger charge is 2.30. The van der Waals surface area contributed by atoms with Crippen molar-refractivity contribution in [2.75, 3.05) is 12.3 Å². The lowest BCUT2D eigenvalue weighted by Crippen LogP contribution is -2.24. The lowest BCUT2D eigenvalue weighted by molar-refractivity contribution is -0.137. The zero-order valence-corrected chi connectivity index (χ0v) is 12.9. The van der Waals surface area contributed by atoms with E-state index in [1.165, 1.54) is 12.1 Å². The predicted molar refractivity (Wildman–Crippen MR) is 80.1 cm³/mol. The van der Waals surface area contributed by atoms with Crippen molar-refractivity contribution < 1.29 is 13.2 Å². The zero-order valence-electron chi connectivity index (χ0n) is 12.1. The first kappa shape index (κ1) is 17.4. The summed E-state index contributed by atoms with van der Waals surface area (Å²) >= 11 is 1.79. The highest BCUT2D eigenvalue weighted by atomic mass is 32.2. The van der Waals surface area contributed by atoms with Crippen molar-refractivity contribution in [2.45, 2.75) is 44.7 Å². The molecule has 2 unspecified atom stereocenters. The average Bonchev–Trinajstić information content (AvgIpc) is 2.42. The Morgan fingerprint density at radius 1 is 1.25 bits per heavy atom. The summed E-state index contributed by atoms with van der Waals surface area (Å²) in [5, 5.41) is 3.78. The van der Waals surface area contributed by atoms with E-state index in [0.717, 1.165) is 24.8 Å². The van der Waals surface area contributed by atoms with Crippen LogP contribution in [-0.4, -0.2) is 17.5 Å². The maximum absolute atomic E-state index is 12.8. The van der Waals surface area contributed by atoms with Crippen LogP contribution in [0.4, 0.5) is 13.2 Å². The summed E-state index contributed by atoms with van der Waals surface area (Å²) in [6.07, 6.45) is -3.22. The lowest BCUT2D eigenvalue weighted by atomic mass is 10.0. The maximum Gasteiger partial charge on any atom is 0.416 e. The molecule has 0 aliphatic rings. The summed E-state index contributed by atoms with van der Waals surface area (Å²) in [6, 6.07) is 5.58. The topological polar surface area (TPSA) is 12.0 Å². The predicted octanol–water partition coefficient (Wildman–Crippen LogP) is 4.89. The molecule has 1 N–H and O–H groups in total. The monoisotopic (exact) mass is 305 g/mol. The zero-order chi connectivity index (χ0) is 15.2. The van der Waals surface area contributed by atoms with Gasteiger partial charge >= 0.3 is 6.18 Å². The van der Waals surface area contributed by atoms with Crippen LogP contribution in [0.1, 0.15) is 44.4 Å². The van der Waals surface area contributed by atoms with Gasteiger partial charge in [0.2, 0.25) is 0 Å². The molecule has 0 bridgehead atoms. The van der Waals surface area contributed by atoms with Crippen LogP contribution in [-0.2, 0) is 6.18 Å². The van der Waals surface area contributed by atoms with E-state index < -0.39 is 11.7 Å². The Morgan fingerprint density at radius 3 is 2.50 bits per heavy atom. The van der Waals surface area contributed by atoms with Gasteiger partial charge in [0.1, 0.15) is 0 Å². The van der Waals surface area contributed by atoms with Crippen LogP contribution in [0.15, 0.2) is 24.3 Å². The van der Waals surface area contributed by atoms with E-state index in [-0.39, 0.29) is 6.04 Å². The normalized spacial score (nSPS) is 15.1. The van der Waals surface area contributed by atoms with Gasteiger partial charge in [0.05, 0.1) is 5.56 Å². The quantitative estimate of drug-likeness (QED) is 0.770. The third-order valence-electron chi connectivity index (χ3n) is 3.19. The molecule has 0 aliphatic heterocycles. The van der Waals surface area contributed by atoms with Gasteiger partial charge in [-0.25, -0.2) is 0 Å². The van der Waals surface area contributed by atoms with Crippen molar-refractivity contribution >= 4 is 11.8 Å². The maximum atomic E-state index is 12.8. The lowest BCUT2D eigenvalue weighted by Gasteiger charge is -2.21. The van der Waals surface area contributed by atoms with Gasteiger partial charge in [-0.2, -0.15) is 24.9 Å². The first-order valence-corrected chi connectivity index (χ1v) is 7.95. The molecule has 1 aromatic rings. The number of benzene rings is 1. The van der Waals surface area contributed by atoms with E-state index in [1.54, 1.807) is 17.8 Å². The number of halogens is 3. The van der Waals surface area contributed by atoms with Crippen molar-refractivity contribution in [3.63, 3.8) is 0 Å². The number of hydrogen-bond acceptors (Lipinski definition) is 2. The van der Waals surface area contributed by atoms with Gasteiger partial charge in [0.25, 0.3) is 0 Å². The number of rotatable bonds is 7. The molecule has 0 radical (unpaired) electrons. The summed E-state index contributed by atoms with van der Waals surface area (Å²) in [4.78, 5) is 0. The summed E-state index contributed by atoms with van der Waals surface area (Å²) in [5.74, 6) is 0.782. The minimum atomic E-state index is -4.28. The van der Waals surface area contributed by atoms with Gasteiger partial charge in [-0.15, -0.1) is 0 Å². The number of thioether (sulfide) groups is 1. The molecule has 20 heavy (non-hydrogen) atoms. The molecule has 0 amide bonds. The fourth-order valence-corrected chi connectivity index (χ4v) is 2.90. The molecule has 1 nitrogen and oxygen atoms in total. The molecule has 1 rings (SSSR count). The molecular weight excluding hydrogens is 283 g/mol. The number of nitrogens with one attached hydrogen (secondary N) is 1. The van der Waals surface area contributed by atoms with E-state index in [4.69, 9.17) is 0 Å². The van der Waals surface area contributed by atoms with Gasteiger partial charge in [-0.1, -0.05) is 32.9 Å². The van der Waals surface area contributed by atoms with Crippen molar-refractivity contribution in [3.05, 3.63) is 35.4 Å². The molecule has 1 aromatic carbocycles. The van der Waals surface area contributed by atoms with Crippen molar-refractivity contribution in [2.24, 2.45) is 0 Å². The molecule has 0 saturated heterocycles.